The summed E-state index contributed by atoms with van der Waals surface area (Å²) in [6.07, 6.45) is 0. The molecule has 1 heterocycles. The third-order valence-corrected chi connectivity index (χ3v) is 4.67. The minimum atomic E-state index is 0.0734. The van der Waals surface area contributed by atoms with Gasteiger partial charge in [0.05, 0.1) is 17.2 Å². The van der Waals surface area contributed by atoms with Gasteiger partial charge in [0.1, 0.15) is 28.5 Å². The summed E-state index contributed by atoms with van der Waals surface area (Å²) < 4.78 is 0. The predicted octanol–water partition coefficient (Wildman–Crippen LogP) is 4.10. The van der Waals surface area contributed by atoms with E-state index in [1.807, 2.05) is 42.5 Å². The number of nitriles is 3. The second-order valence-corrected chi connectivity index (χ2v) is 6.32. The molecule has 0 saturated carbocycles. The van der Waals surface area contributed by atoms with Gasteiger partial charge in [0.25, 0.3) is 0 Å². The molecule has 0 spiro atoms. The Morgan fingerprint density at radius 2 is 1.46 bits per heavy atom. The summed E-state index contributed by atoms with van der Waals surface area (Å²) in [4.78, 5) is 5.18. The van der Waals surface area contributed by atoms with Crippen LogP contribution < -0.4 is 5.73 Å². The molecule has 26 heavy (non-hydrogen) atoms. The summed E-state index contributed by atoms with van der Waals surface area (Å²) in [5, 5.41) is 28.7. The Kier molecular flexibility index (Phi) is 4.85. The largest absolute Gasteiger partial charge is 0.383 e. The molecule has 0 aliphatic rings. The van der Waals surface area contributed by atoms with Gasteiger partial charge in [-0.05, 0) is 29.8 Å². The molecule has 3 rings (SSSR count). The van der Waals surface area contributed by atoms with E-state index < -0.39 is 0 Å². The van der Waals surface area contributed by atoms with E-state index in [1.165, 1.54) is 11.8 Å². The maximum Gasteiger partial charge on any atom is 0.143 e. The highest BCUT2D eigenvalue weighted by Gasteiger charge is 2.20. The lowest BCUT2D eigenvalue weighted by Crippen LogP contribution is -2.03. The van der Waals surface area contributed by atoms with Gasteiger partial charge >= 0.3 is 0 Å². The van der Waals surface area contributed by atoms with Gasteiger partial charge in [0.15, 0.2) is 0 Å². The maximum absolute atomic E-state index is 9.74. The molecular formula is C20H11N5S. The summed E-state index contributed by atoms with van der Waals surface area (Å²) in [6, 6.07) is 22.4. The quantitative estimate of drug-likeness (QED) is 0.759. The number of nitrogen functional groups attached to an aromatic ring is 1. The molecule has 0 aliphatic carbocycles. The van der Waals surface area contributed by atoms with E-state index >= 15 is 0 Å². The fourth-order valence-corrected chi connectivity index (χ4v) is 3.38. The molecule has 0 aliphatic heterocycles. The van der Waals surface area contributed by atoms with Crippen LogP contribution in [0, 0.1) is 34.0 Å². The number of aromatic nitrogens is 1. The van der Waals surface area contributed by atoms with Crippen molar-refractivity contribution in [3.05, 3.63) is 71.3 Å². The van der Waals surface area contributed by atoms with E-state index in [-0.39, 0.29) is 16.9 Å². The van der Waals surface area contributed by atoms with Crippen molar-refractivity contribution >= 4 is 17.6 Å². The normalized spacial score (nSPS) is 9.73. The van der Waals surface area contributed by atoms with Gasteiger partial charge in [0, 0.05) is 10.5 Å². The second-order valence-electron chi connectivity index (χ2n) is 5.26. The van der Waals surface area contributed by atoms with Crippen molar-refractivity contribution in [2.75, 3.05) is 5.73 Å². The van der Waals surface area contributed by atoms with E-state index in [4.69, 9.17) is 11.0 Å². The Bertz CT molecular complexity index is 1080. The van der Waals surface area contributed by atoms with Crippen molar-refractivity contribution in [2.45, 2.75) is 9.92 Å². The first-order chi connectivity index (χ1) is 12.7. The molecule has 0 saturated heterocycles. The van der Waals surface area contributed by atoms with Crippen molar-refractivity contribution in [3.8, 4) is 29.3 Å². The van der Waals surface area contributed by atoms with Gasteiger partial charge in [0.2, 0.25) is 0 Å². The summed E-state index contributed by atoms with van der Waals surface area (Å²) in [5.74, 6) is 0.0734. The first kappa shape index (κ1) is 17.0. The van der Waals surface area contributed by atoms with Crippen LogP contribution in [-0.4, -0.2) is 4.98 Å². The maximum atomic E-state index is 9.74. The van der Waals surface area contributed by atoms with Crippen LogP contribution in [0.3, 0.4) is 0 Å². The number of rotatable bonds is 3. The number of anilines is 1. The molecule has 0 atom stereocenters. The zero-order valence-corrected chi connectivity index (χ0v) is 14.3. The third kappa shape index (κ3) is 3.21. The van der Waals surface area contributed by atoms with E-state index in [0.717, 1.165) is 4.90 Å². The molecule has 0 fully saturated rings. The lowest BCUT2D eigenvalue weighted by molar-refractivity contribution is 1.11. The van der Waals surface area contributed by atoms with Crippen LogP contribution in [0.1, 0.15) is 16.7 Å². The first-order valence-electron chi connectivity index (χ1n) is 7.55. The minimum Gasteiger partial charge on any atom is -0.383 e. The van der Waals surface area contributed by atoms with E-state index in [0.29, 0.717) is 21.7 Å². The molecule has 0 bridgehead atoms. The van der Waals surface area contributed by atoms with Crippen LogP contribution in [0.2, 0.25) is 0 Å². The lowest BCUT2D eigenvalue weighted by atomic mass is 9.96. The van der Waals surface area contributed by atoms with Crippen molar-refractivity contribution in [1.29, 1.82) is 15.8 Å². The number of hydrogen-bond acceptors (Lipinski definition) is 6. The molecule has 6 heteroatoms. The van der Waals surface area contributed by atoms with E-state index in [9.17, 15) is 10.5 Å². The monoisotopic (exact) mass is 353 g/mol. The Labute approximate surface area is 155 Å². The molecule has 0 amide bonds. The van der Waals surface area contributed by atoms with Crippen molar-refractivity contribution in [1.82, 2.24) is 4.98 Å². The van der Waals surface area contributed by atoms with Gasteiger partial charge in [-0.25, -0.2) is 4.98 Å². The second kappa shape index (κ2) is 7.40. The lowest BCUT2D eigenvalue weighted by Gasteiger charge is -2.13. The van der Waals surface area contributed by atoms with Crippen LogP contribution in [0.15, 0.2) is 64.5 Å². The molecule has 5 nitrogen and oxygen atoms in total. The van der Waals surface area contributed by atoms with Gasteiger partial charge in [-0.1, -0.05) is 42.1 Å². The van der Waals surface area contributed by atoms with Crippen LogP contribution >= 0.6 is 11.8 Å². The molecule has 0 radical (unpaired) electrons. The van der Waals surface area contributed by atoms with E-state index in [1.54, 1.807) is 24.3 Å². The fraction of sp³-hybridized carbons (Fsp3) is 0. The average Bonchev–Trinajstić information content (AvgIpc) is 2.68. The minimum absolute atomic E-state index is 0.0734. The summed E-state index contributed by atoms with van der Waals surface area (Å²) in [5.41, 5.74) is 8.01. The van der Waals surface area contributed by atoms with E-state index in [2.05, 4.69) is 11.1 Å². The smallest absolute Gasteiger partial charge is 0.143 e. The Morgan fingerprint density at radius 1 is 0.808 bits per heavy atom. The zero-order valence-electron chi connectivity index (χ0n) is 13.5. The topological polar surface area (TPSA) is 110 Å². The fourth-order valence-electron chi connectivity index (χ4n) is 2.47. The van der Waals surface area contributed by atoms with Gasteiger partial charge in [-0.15, -0.1) is 0 Å². The SMILES string of the molecule is N#Cc1ccc(-c2c(C#N)c(N)nc(Sc3ccccc3)c2C#N)cc1. The Balaban J connectivity index is 2.23. The molecule has 3 aromatic rings. The molecule has 122 valence electrons. The third-order valence-electron chi connectivity index (χ3n) is 3.68. The molecule has 0 unspecified atom stereocenters. The summed E-state index contributed by atoms with van der Waals surface area (Å²) in [7, 11) is 0. The zero-order chi connectivity index (χ0) is 18.5. The summed E-state index contributed by atoms with van der Waals surface area (Å²) in [6.45, 7) is 0. The number of nitrogens with two attached hydrogens (primary N) is 1. The van der Waals surface area contributed by atoms with Crippen LogP contribution in [0.5, 0.6) is 0 Å². The Hall–Kier alpha value is -3.79. The van der Waals surface area contributed by atoms with Crippen LogP contribution in [-0.2, 0) is 0 Å². The van der Waals surface area contributed by atoms with Crippen LogP contribution in [0.4, 0.5) is 5.82 Å². The molecule has 2 N–H and O–H groups in total. The first-order valence-corrected chi connectivity index (χ1v) is 8.36. The highest BCUT2D eigenvalue weighted by atomic mass is 32.2. The number of pyridine rings is 1. The van der Waals surface area contributed by atoms with Crippen molar-refractivity contribution in [2.24, 2.45) is 0 Å². The highest BCUT2D eigenvalue weighted by molar-refractivity contribution is 7.99. The number of hydrogen-bond donors (Lipinski definition) is 1. The van der Waals surface area contributed by atoms with Gasteiger partial charge in [-0.3, -0.25) is 0 Å². The van der Waals surface area contributed by atoms with Crippen molar-refractivity contribution in [3.63, 3.8) is 0 Å². The Morgan fingerprint density at radius 3 is 2.04 bits per heavy atom. The number of benzene rings is 2. The van der Waals surface area contributed by atoms with Crippen molar-refractivity contribution < 1.29 is 0 Å². The number of nitrogens with zero attached hydrogens (tertiary/aromatic N) is 4. The standard InChI is InChI=1S/C20H11N5S/c21-10-13-6-8-14(9-7-13)18-16(11-22)19(24)25-20(17(18)12-23)26-15-4-2-1-3-5-15/h1-9H,(H2,24,25). The average molecular weight is 353 g/mol. The predicted molar refractivity (Wildman–Crippen MR) is 98.8 cm³/mol. The molecular weight excluding hydrogens is 342 g/mol. The van der Waals surface area contributed by atoms with Gasteiger partial charge in [-0.2, -0.15) is 15.8 Å². The molecule has 2 aromatic carbocycles. The summed E-state index contributed by atoms with van der Waals surface area (Å²) >= 11 is 1.31. The van der Waals surface area contributed by atoms with Crippen LogP contribution in [0.25, 0.3) is 11.1 Å². The van der Waals surface area contributed by atoms with Gasteiger partial charge < -0.3 is 5.73 Å². The molecule has 1 aromatic heterocycles. The highest BCUT2D eigenvalue weighted by Crippen LogP contribution is 2.38.